The Kier molecular flexibility index (Phi) is 5.66. The molecule has 4 heteroatoms. The maximum atomic E-state index is 12.8. The standard InChI is InChI=1S/C23H27NO3/c1-23(2,3)27-22(26)24(13-8-14-25)16-21-19-11-6-4-9-17(19)15-18-10-5-7-12-20(18)21/h4-7,9-12,15,25H,8,13-14,16H2,1-3H3. The van der Waals surface area contributed by atoms with E-state index in [2.05, 4.69) is 30.3 Å². The molecule has 0 aliphatic rings. The van der Waals surface area contributed by atoms with Crippen molar-refractivity contribution in [1.29, 1.82) is 0 Å². The third-order valence-corrected chi connectivity index (χ3v) is 4.47. The molecule has 0 radical (unpaired) electrons. The fraction of sp³-hybridized carbons (Fsp3) is 0.348. The van der Waals surface area contributed by atoms with Crippen LogP contribution in [0.3, 0.4) is 0 Å². The number of carbonyl (C=O) groups is 1. The molecule has 142 valence electrons. The average molecular weight is 365 g/mol. The van der Waals surface area contributed by atoms with Crippen LogP contribution in [0.1, 0.15) is 32.8 Å². The van der Waals surface area contributed by atoms with Gasteiger partial charge in [-0.05, 0) is 60.4 Å². The Morgan fingerprint density at radius 3 is 2.07 bits per heavy atom. The summed E-state index contributed by atoms with van der Waals surface area (Å²) >= 11 is 0. The van der Waals surface area contributed by atoms with Gasteiger partial charge in [0.2, 0.25) is 0 Å². The quantitative estimate of drug-likeness (QED) is 0.639. The first kappa shape index (κ1) is 19.2. The van der Waals surface area contributed by atoms with Crippen LogP contribution in [0.2, 0.25) is 0 Å². The van der Waals surface area contributed by atoms with Gasteiger partial charge in [-0.2, -0.15) is 0 Å². The normalized spacial score (nSPS) is 11.7. The summed E-state index contributed by atoms with van der Waals surface area (Å²) in [7, 11) is 0. The second-order valence-corrected chi connectivity index (χ2v) is 7.78. The van der Waals surface area contributed by atoms with Gasteiger partial charge < -0.3 is 14.7 Å². The predicted octanol–water partition coefficient (Wildman–Crippen LogP) is 5.11. The number of ether oxygens (including phenoxy) is 1. The number of amides is 1. The third-order valence-electron chi connectivity index (χ3n) is 4.47. The number of hydrogen-bond donors (Lipinski definition) is 1. The zero-order chi connectivity index (χ0) is 19.4. The van der Waals surface area contributed by atoms with Crippen molar-refractivity contribution in [2.45, 2.75) is 39.3 Å². The SMILES string of the molecule is CC(C)(C)OC(=O)N(CCCO)Cc1c2ccccc2cc2ccccc12. The lowest BCUT2D eigenvalue weighted by Gasteiger charge is -2.28. The highest BCUT2D eigenvalue weighted by atomic mass is 16.6. The number of nitrogens with zero attached hydrogens (tertiary/aromatic N) is 1. The molecule has 1 amide bonds. The summed E-state index contributed by atoms with van der Waals surface area (Å²) in [6.45, 7) is 6.52. The Labute approximate surface area is 160 Å². The van der Waals surface area contributed by atoms with Crippen LogP contribution in [-0.4, -0.2) is 34.9 Å². The van der Waals surface area contributed by atoms with E-state index < -0.39 is 5.60 Å². The number of carbonyl (C=O) groups excluding carboxylic acids is 1. The Bertz CT molecular complexity index is 889. The van der Waals surface area contributed by atoms with Gasteiger partial charge in [0.1, 0.15) is 5.60 Å². The van der Waals surface area contributed by atoms with Crippen molar-refractivity contribution >= 4 is 27.6 Å². The van der Waals surface area contributed by atoms with Gasteiger partial charge in [0.05, 0.1) is 6.54 Å². The van der Waals surface area contributed by atoms with Crippen molar-refractivity contribution in [3.05, 3.63) is 60.2 Å². The summed E-state index contributed by atoms with van der Waals surface area (Å²) < 4.78 is 5.60. The van der Waals surface area contributed by atoms with Crippen LogP contribution in [0.25, 0.3) is 21.5 Å². The Hall–Kier alpha value is -2.59. The van der Waals surface area contributed by atoms with E-state index in [4.69, 9.17) is 4.74 Å². The number of rotatable bonds is 5. The number of fused-ring (bicyclic) bond motifs is 2. The molecule has 0 aromatic heterocycles. The Morgan fingerprint density at radius 2 is 1.56 bits per heavy atom. The molecule has 0 bridgehead atoms. The first-order chi connectivity index (χ1) is 12.9. The molecule has 27 heavy (non-hydrogen) atoms. The highest BCUT2D eigenvalue weighted by molar-refractivity contribution is 6.02. The van der Waals surface area contributed by atoms with Crippen molar-refractivity contribution in [2.24, 2.45) is 0 Å². The van der Waals surface area contributed by atoms with Gasteiger partial charge >= 0.3 is 6.09 Å². The van der Waals surface area contributed by atoms with E-state index in [1.165, 1.54) is 0 Å². The van der Waals surface area contributed by atoms with E-state index in [-0.39, 0.29) is 12.7 Å². The first-order valence-electron chi connectivity index (χ1n) is 9.37. The smallest absolute Gasteiger partial charge is 0.410 e. The van der Waals surface area contributed by atoms with Gasteiger partial charge in [-0.3, -0.25) is 0 Å². The topological polar surface area (TPSA) is 49.8 Å². The first-order valence-corrected chi connectivity index (χ1v) is 9.37. The van der Waals surface area contributed by atoms with Crippen LogP contribution in [0.4, 0.5) is 4.79 Å². The second-order valence-electron chi connectivity index (χ2n) is 7.78. The molecule has 0 saturated carbocycles. The van der Waals surface area contributed by atoms with Crippen molar-refractivity contribution in [1.82, 2.24) is 4.90 Å². The van der Waals surface area contributed by atoms with Crippen LogP contribution in [0.15, 0.2) is 54.6 Å². The lowest BCUT2D eigenvalue weighted by molar-refractivity contribution is 0.0225. The summed E-state index contributed by atoms with van der Waals surface area (Å²) in [5.41, 5.74) is 0.544. The van der Waals surface area contributed by atoms with Crippen LogP contribution in [0, 0.1) is 0 Å². The Balaban J connectivity index is 2.06. The molecule has 1 N–H and O–H groups in total. The molecule has 0 saturated heterocycles. The summed E-state index contributed by atoms with van der Waals surface area (Å²) in [5.74, 6) is 0. The van der Waals surface area contributed by atoms with Gasteiger partial charge in [0.25, 0.3) is 0 Å². The van der Waals surface area contributed by atoms with Gasteiger partial charge in [0.15, 0.2) is 0 Å². The molecule has 0 unspecified atom stereocenters. The minimum absolute atomic E-state index is 0.0373. The zero-order valence-electron chi connectivity index (χ0n) is 16.2. The maximum absolute atomic E-state index is 12.8. The van der Waals surface area contributed by atoms with Crippen molar-refractivity contribution in [2.75, 3.05) is 13.2 Å². The number of aliphatic hydroxyl groups excluding tert-OH is 1. The molecule has 0 heterocycles. The lowest BCUT2D eigenvalue weighted by Crippen LogP contribution is -2.37. The number of hydrogen-bond acceptors (Lipinski definition) is 3. The fourth-order valence-corrected chi connectivity index (χ4v) is 3.29. The molecule has 0 aliphatic heterocycles. The largest absolute Gasteiger partial charge is 0.444 e. The molecule has 0 atom stereocenters. The summed E-state index contributed by atoms with van der Waals surface area (Å²) in [5, 5.41) is 13.8. The van der Waals surface area contributed by atoms with Gasteiger partial charge in [-0.25, -0.2) is 4.79 Å². The van der Waals surface area contributed by atoms with Crippen LogP contribution in [0.5, 0.6) is 0 Å². The summed E-state index contributed by atoms with van der Waals surface area (Å²) in [6, 6.07) is 18.6. The van der Waals surface area contributed by atoms with Crippen LogP contribution in [-0.2, 0) is 11.3 Å². The number of benzene rings is 3. The van der Waals surface area contributed by atoms with Crippen molar-refractivity contribution in [3.8, 4) is 0 Å². The zero-order valence-corrected chi connectivity index (χ0v) is 16.2. The summed E-state index contributed by atoms with van der Waals surface area (Å²) in [4.78, 5) is 14.5. The van der Waals surface area contributed by atoms with E-state index in [0.717, 1.165) is 27.1 Å². The molecule has 0 spiro atoms. The van der Waals surface area contributed by atoms with Gasteiger partial charge in [0, 0.05) is 13.2 Å². The monoisotopic (exact) mass is 365 g/mol. The summed E-state index contributed by atoms with van der Waals surface area (Å²) in [6.07, 6.45) is 0.162. The highest BCUT2D eigenvalue weighted by Crippen LogP contribution is 2.30. The molecular weight excluding hydrogens is 338 g/mol. The molecule has 0 aliphatic carbocycles. The van der Waals surface area contributed by atoms with Crippen molar-refractivity contribution < 1.29 is 14.6 Å². The molecule has 3 rings (SSSR count). The molecular formula is C23H27NO3. The van der Waals surface area contributed by atoms with Gasteiger partial charge in [-0.15, -0.1) is 0 Å². The second kappa shape index (κ2) is 7.97. The lowest BCUT2D eigenvalue weighted by atomic mass is 9.96. The molecule has 0 fully saturated rings. The molecule has 4 nitrogen and oxygen atoms in total. The third kappa shape index (κ3) is 4.58. The van der Waals surface area contributed by atoms with Crippen molar-refractivity contribution in [3.63, 3.8) is 0 Å². The minimum atomic E-state index is -0.560. The van der Waals surface area contributed by atoms with E-state index >= 15 is 0 Å². The van der Waals surface area contributed by atoms with Crippen LogP contribution >= 0.6 is 0 Å². The molecule has 3 aromatic carbocycles. The van der Waals surface area contributed by atoms with E-state index in [9.17, 15) is 9.90 Å². The average Bonchev–Trinajstić information content (AvgIpc) is 2.62. The predicted molar refractivity (Wildman–Crippen MR) is 110 cm³/mol. The number of aliphatic hydroxyl groups is 1. The van der Waals surface area contributed by atoms with Crippen LogP contribution < -0.4 is 0 Å². The van der Waals surface area contributed by atoms with E-state index in [1.54, 1.807) is 4.90 Å². The Morgan fingerprint density at radius 1 is 1.00 bits per heavy atom. The minimum Gasteiger partial charge on any atom is -0.444 e. The fourth-order valence-electron chi connectivity index (χ4n) is 3.29. The maximum Gasteiger partial charge on any atom is 0.410 e. The van der Waals surface area contributed by atoms with E-state index in [1.807, 2.05) is 45.0 Å². The van der Waals surface area contributed by atoms with Gasteiger partial charge in [-0.1, -0.05) is 48.5 Å². The molecule has 3 aromatic rings. The highest BCUT2D eigenvalue weighted by Gasteiger charge is 2.23. The van der Waals surface area contributed by atoms with E-state index in [0.29, 0.717) is 19.5 Å².